The highest BCUT2D eigenvalue weighted by atomic mass is 16.2. The van der Waals surface area contributed by atoms with Crippen molar-refractivity contribution in [2.75, 3.05) is 0 Å². The molecule has 21 heavy (non-hydrogen) atoms. The zero-order chi connectivity index (χ0) is 14.8. The summed E-state index contributed by atoms with van der Waals surface area (Å²) in [5.41, 5.74) is -0.00146. The molecule has 4 saturated carbocycles. The number of nitrogens with one attached hydrogen (secondary N) is 1. The number of carbonyl (C=O) groups excluding carboxylic acids is 2. The van der Waals surface area contributed by atoms with Crippen LogP contribution < -0.4 is 5.32 Å². The topological polar surface area (TPSA) is 49.4 Å². The zero-order valence-corrected chi connectivity index (χ0v) is 13.1. The van der Waals surface area contributed by atoms with Crippen molar-refractivity contribution < 1.29 is 9.59 Å². The SMILES string of the molecule is CCC1C(=O)NC(C)C(=O)N1C12CC3CC(CC(C3)C1)C2. The van der Waals surface area contributed by atoms with Crippen molar-refractivity contribution in [1.29, 1.82) is 0 Å². The van der Waals surface area contributed by atoms with E-state index in [1.807, 2.05) is 13.8 Å². The van der Waals surface area contributed by atoms with Crippen molar-refractivity contribution in [3.63, 3.8) is 0 Å². The first-order valence-corrected chi connectivity index (χ1v) is 8.66. The third-order valence-electron chi connectivity index (χ3n) is 6.48. The van der Waals surface area contributed by atoms with Gasteiger partial charge in [-0.3, -0.25) is 9.59 Å². The fourth-order valence-electron chi connectivity index (χ4n) is 6.14. The molecule has 5 fully saturated rings. The molecule has 2 unspecified atom stereocenters. The lowest BCUT2D eigenvalue weighted by Gasteiger charge is -2.62. The highest BCUT2D eigenvalue weighted by Crippen LogP contribution is 2.58. The summed E-state index contributed by atoms with van der Waals surface area (Å²) >= 11 is 0. The quantitative estimate of drug-likeness (QED) is 0.846. The minimum atomic E-state index is -0.353. The minimum Gasteiger partial charge on any atom is -0.343 e. The van der Waals surface area contributed by atoms with E-state index in [0.717, 1.165) is 43.4 Å². The molecule has 4 nitrogen and oxygen atoms in total. The Morgan fingerprint density at radius 3 is 2.10 bits per heavy atom. The Morgan fingerprint density at radius 1 is 1.10 bits per heavy atom. The van der Waals surface area contributed by atoms with Crippen molar-refractivity contribution in [3.8, 4) is 0 Å². The molecule has 1 heterocycles. The van der Waals surface area contributed by atoms with Gasteiger partial charge in [0.2, 0.25) is 11.8 Å². The molecule has 1 aliphatic heterocycles. The van der Waals surface area contributed by atoms with E-state index < -0.39 is 0 Å². The minimum absolute atomic E-state index is 0.00146. The average molecular weight is 290 g/mol. The van der Waals surface area contributed by atoms with E-state index in [0.29, 0.717) is 0 Å². The lowest BCUT2D eigenvalue weighted by Crippen LogP contribution is -2.72. The van der Waals surface area contributed by atoms with Gasteiger partial charge < -0.3 is 10.2 Å². The third kappa shape index (κ3) is 1.87. The van der Waals surface area contributed by atoms with Gasteiger partial charge in [-0.2, -0.15) is 0 Å². The number of hydrogen-bond donors (Lipinski definition) is 1. The Kier molecular flexibility index (Phi) is 2.89. The normalized spacial score (nSPS) is 48.7. The largest absolute Gasteiger partial charge is 0.343 e. The van der Waals surface area contributed by atoms with E-state index >= 15 is 0 Å². The maximum absolute atomic E-state index is 12.9. The van der Waals surface area contributed by atoms with E-state index in [-0.39, 0.29) is 29.4 Å². The Morgan fingerprint density at radius 2 is 1.62 bits per heavy atom. The highest BCUT2D eigenvalue weighted by molar-refractivity contribution is 5.97. The van der Waals surface area contributed by atoms with Crippen LogP contribution in [0.5, 0.6) is 0 Å². The van der Waals surface area contributed by atoms with Gasteiger partial charge in [-0.25, -0.2) is 0 Å². The van der Waals surface area contributed by atoms with Crippen molar-refractivity contribution in [3.05, 3.63) is 0 Å². The number of hydrogen-bond acceptors (Lipinski definition) is 2. The van der Waals surface area contributed by atoms with Crippen LogP contribution >= 0.6 is 0 Å². The molecule has 5 aliphatic rings. The second-order valence-corrected chi connectivity index (χ2v) is 8.00. The predicted molar refractivity (Wildman–Crippen MR) is 79.4 cm³/mol. The van der Waals surface area contributed by atoms with Crippen LogP contribution in [0.3, 0.4) is 0 Å². The molecule has 4 heteroatoms. The zero-order valence-electron chi connectivity index (χ0n) is 13.1. The van der Waals surface area contributed by atoms with Gasteiger partial charge in [-0.15, -0.1) is 0 Å². The van der Waals surface area contributed by atoms with Gasteiger partial charge in [0.25, 0.3) is 0 Å². The molecule has 5 rings (SSSR count). The predicted octanol–water partition coefficient (Wildman–Crippen LogP) is 2.08. The van der Waals surface area contributed by atoms with Crippen LogP contribution in [-0.4, -0.2) is 34.3 Å². The number of rotatable bonds is 2. The smallest absolute Gasteiger partial charge is 0.246 e. The summed E-state index contributed by atoms with van der Waals surface area (Å²) < 4.78 is 0. The lowest BCUT2D eigenvalue weighted by molar-refractivity contribution is -0.170. The molecule has 0 aromatic heterocycles. The Hall–Kier alpha value is -1.06. The fourth-order valence-corrected chi connectivity index (χ4v) is 6.14. The summed E-state index contributed by atoms with van der Waals surface area (Å²) in [4.78, 5) is 27.3. The molecule has 116 valence electrons. The molecule has 1 N–H and O–H groups in total. The standard InChI is InChI=1S/C17H26N2O2/c1-3-14-15(20)18-10(2)16(21)19(14)17-7-11-4-12(8-17)6-13(5-11)9-17/h10-14H,3-9H2,1-2H3,(H,18,20). The maximum atomic E-state index is 12.9. The Labute approximate surface area is 126 Å². The maximum Gasteiger partial charge on any atom is 0.246 e. The van der Waals surface area contributed by atoms with Crippen molar-refractivity contribution in [2.24, 2.45) is 17.8 Å². The first-order valence-electron chi connectivity index (χ1n) is 8.66. The van der Waals surface area contributed by atoms with Crippen molar-refractivity contribution >= 4 is 11.8 Å². The first kappa shape index (κ1) is 13.6. The first-order chi connectivity index (χ1) is 10.0. The van der Waals surface area contributed by atoms with Crippen molar-refractivity contribution in [2.45, 2.75) is 76.4 Å². The van der Waals surface area contributed by atoms with Crippen LogP contribution in [0.4, 0.5) is 0 Å². The molecule has 4 bridgehead atoms. The van der Waals surface area contributed by atoms with E-state index in [1.54, 1.807) is 0 Å². The summed E-state index contributed by atoms with van der Waals surface area (Å²) in [7, 11) is 0. The van der Waals surface area contributed by atoms with Gasteiger partial charge in [-0.05, 0) is 69.6 Å². The monoisotopic (exact) mass is 290 g/mol. The summed E-state index contributed by atoms with van der Waals surface area (Å²) in [6.07, 6.45) is 8.23. The van der Waals surface area contributed by atoms with Crippen LogP contribution in [0.1, 0.15) is 58.8 Å². The van der Waals surface area contributed by atoms with Gasteiger partial charge in [0.1, 0.15) is 12.1 Å². The summed E-state index contributed by atoms with van der Waals surface area (Å²) in [6, 6.07) is -0.599. The van der Waals surface area contributed by atoms with E-state index in [1.165, 1.54) is 19.3 Å². The second kappa shape index (κ2) is 4.47. The van der Waals surface area contributed by atoms with Gasteiger partial charge in [0, 0.05) is 5.54 Å². The number of nitrogens with zero attached hydrogens (tertiary/aromatic N) is 1. The lowest BCUT2D eigenvalue weighted by atomic mass is 9.52. The molecule has 0 spiro atoms. The molecular weight excluding hydrogens is 264 g/mol. The Bertz CT molecular complexity index is 452. The van der Waals surface area contributed by atoms with Crippen LogP contribution in [-0.2, 0) is 9.59 Å². The van der Waals surface area contributed by atoms with Gasteiger partial charge in [-0.1, -0.05) is 6.92 Å². The number of carbonyl (C=O) groups is 2. The summed E-state index contributed by atoms with van der Waals surface area (Å²) in [5, 5.41) is 2.86. The van der Waals surface area contributed by atoms with Crippen molar-refractivity contribution in [1.82, 2.24) is 10.2 Å². The molecule has 1 saturated heterocycles. The highest BCUT2D eigenvalue weighted by Gasteiger charge is 2.58. The van der Waals surface area contributed by atoms with Crippen LogP contribution in [0.25, 0.3) is 0 Å². The third-order valence-corrected chi connectivity index (χ3v) is 6.48. The molecule has 2 atom stereocenters. The average Bonchev–Trinajstić information content (AvgIpc) is 2.40. The van der Waals surface area contributed by atoms with E-state index in [9.17, 15) is 9.59 Å². The fraction of sp³-hybridized carbons (Fsp3) is 0.882. The van der Waals surface area contributed by atoms with Gasteiger partial charge in [0.15, 0.2) is 0 Å². The number of amides is 2. The molecule has 0 aromatic carbocycles. The van der Waals surface area contributed by atoms with Gasteiger partial charge in [0.05, 0.1) is 0 Å². The van der Waals surface area contributed by atoms with Crippen LogP contribution in [0.2, 0.25) is 0 Å². The van der Waals surface area contributed by atoms with E-state index in [4.69, 9.17) is 0 Å². The molecule has 0 aromatic rings. The molecule has 4 aliphatic carbocycles. The molecular formula is C17H26N2O2. The summed E-state index contributed by atoms with van der Waals surface area (Å²) in [5.74, 6) is 2.59. The van der Waals surface area contributed by atoms with Gasteiger partial charge >= 0.3 is 0 Å². The van der Waals surface area contributed by atoms with Crippen LogP contribution in [0, 0.1) is 17.8 Å². The molecule has 0 radical (unpaired) electrons. The van der Waals surface area contributed by atoms with E-state index in [2.05, 4.69) is 10.2 Å². The second-order valence-electron chi connectivity index (χ2n) is 8.00. The van der Waals surface area contributed by atoms with Crippen LogP contribution in [0.15, 0.2) is 0 Å². The molecule has 2 amide bonds. The summed E-state index contributed by atoms with van der Waals surface area (Å²) in [6.45, 7) is 3.86. The Balaban J connectivity index is 1.72. The number of piperazine rings is 1.